The fraction of sp³-hybridized carbons (Fsp3) is 0.720. The van der Waals surface area contributed by atoms with Gasteiger partial charge in [0.2, 0.25) is 0 Å². The third kappa shape index (κ3) is 20.2. The molecule has 0 fully saturated rings. The van der Waals surface area contributed by atoms with E-state index in [9.17, 15) is 9.90 Å². The molecule has 0 radical (unpaired) electrons. The molecule has 7 heteroatoms. The zero-order chi connectivity index (χ0) is 24.1. The van der Waals surface area contributed by atoms with E-state index in [1.165, 1.54) is 108 Å². The van der Waals surface area contributed by atoms with Crippen LogP contribution in [0.5, 0.6) is 5.75 Å². The summed E-state index contributed by atoms with van der Waals surface area (Å²) in [5.74, 6) is -1.62. The maximum Gasteiger partial charge on any atom is 0.335 e. The molecule has 0 aliphatic carbocycles. The number of hydroxylamine groups is 3. The van der Waals surface area contributed by atoms with Crippen LogP contribution < -0.4 is 5.11 Å². The largest absolute Gasteiger partial charge is 0.872 e. The maximum absolute atomic E-state index is 10.7. The van der Waals surface area contributed by atoms with E-state index in [4.69, 9.17) is 20.7 Å². The fourth-order valence-corrected chi connectivity index (χ4v) is 3.52. The van der Waals surface area contributed by atoms with E-state index in [2.05, 4.69) is 6.92 Å². The lowest BCUT2D eigenvalue weighted by Crippen LogP contribution is -2.37. The number of nitrogens with zero attached hydrogens (tertiary/aromatic N) is 1. The van der Waals surface area contributed by atoms with Gasteiger partial charge in [0.1, 0.15) is 0 Å². The predicted molar refractivity (Wildman–Crippen MR) is 123 cm³/mol. The Morgan fingerprint density at radius 1 is 0.719 bits per heavy atom. The summed E-state index contributed by atoms with van der Waals surface area (Å²) < 4.78 is 0. The molecule has 0 saturated heterocycles. The fourth-order valence-electron chi connectivity index (χ4n) is 3.52. The molecule has 0 aliphatic heterocycles. The standard InChI is InChI=1S/C18H40NO3.C7H6O3/c1-2-3-4-5-6-7-8-9-10-11-12-13-14-15-16-17-18-19(20,21)22;8-6-4-2-1-3-5(6)7(9)10/h20-22H,2-18H2,1H3;1-4,8H,(H,9,10)/q+1;/p-1. The lowest BCUT2D eigenvalue weighted by atomic mass is 10.0. The van der Waals surface area contributed by atoms with Crippen LogP contribution in [-0.2, 0) is 0 Å². The normalized spacial score (nSPS) is 11.1. The Labute approximate surface area is 193 Å². The molecule has 7 nitrogen and oxygen atoms in total. The molecule has 1 rings (SSSR count). The highest BCUT2D eigenvalue weighted by atomic mass is 17.1. The third-order valence-corrected chi connectivity index (χ3v) is 5.43. The molecule has 0 aliphatic rings. The van der Waals surface area contributed by atoms with Gasteiger partial charge in [-0.25, -0.2) is 4.79 Å². The van der Waals surface area contributed by atoms with E-state index in [1.807, 2.05) is 0 Å². The van der Waals surface area contributed by atoms with Crippen molar-refractivity contribution in [3.63, 3.8) is 0 Å². The average molecular weight is 456 g/mol. The van der Waals surface area contributed by atoms with Crippen molar-refractivity contribution in [2.45, 2.75) is 110 Å². The molecule has 186 valence electrons. The molecule has 0 heterocycles. The predicted octanol–water partition coefficient (Wildman–Crippen LogP) is 6.69. The van der Waals surface area contributed by atoms with E-state index < -0.39 is 16.7 Å². The first kappa shape index (κ1) is 30.3. The molecule has 0 amide bonds. The minimum Gasteiger partial charge on any atom is -0.872 e. The van der Waals surface area contributed by atoms with Crippen LogP contribution in [0.25, 0.3) is 0 Å². The van der Waals surface area contributed by atoms with Gasteiger partial charge in [0.05, 0.1) is 10.5 Å². The number of carboxylic acid groups (broad SMARTS) is 1. The Kier molecular flexibility index (Phi) is 18.9. The SMILES string of the molecule is CCCCCCCCCCCCCCCCCC[N+](O)(O)O.O=C(O)c1ccccc1[O-]. The monoisotopic (exact) mass is 455 g/mol. The summed E-state index contributed by atoms with van der Waals surface area (Å²) in [7, 11) is 0. The lowest BCUT2D eigenvalue weighted by molar-refractivity contribution is -1.37. The second-order valence-electron chi connectivity index (χ2n) is 8.52. The van der Waals surface area contributed by atoms with Crippen LogP contribution in [0.3, 0.4) is 0 Å². The highest BCUT2D eigenvalue weighted by Crippen LogP contribution is 2.14. The highest BCUT2D eigenvalue weighted by Gasteiger charge is 2.16. The highest BCUT2D eigenvalue weighted by molar-refractivity contribution is 5.90. The van der Waals surface area contributed by atoms with Gasteiger partial charge in [-0.15, -0.1) is 15.6 Å². The second-order valence-corrected chi connectivity index (χ2v) is 8.52. The molecular formula is C25H45NO6. The van der Waals surface area contributed by atoms with E-state index in [1.54, 1.807) is 0 Å². The summed E-state index contributed by atoms with van der Waals surface area (Å²) in [6.45, 7) is 2.27. The van der Waals surface area contributed by atoms with Crippen LogP contribution >= 0.6 is 0 Å². The van der Waals surface area contributed by atoms with E-state index in [0.29, 0.717) is 6.42 Å². The van der Waals surface area contributed by atoms with Gasteiger partial charge in [0.15, 0.2) is 6.54 Å². The molecule has 0 bridgehead atoms. The number of carbonyl (C=O) groups is 1. The number of benzene rings is 1. The van der Waals surface area contributed by atoms with Crippen LogP contribution in [0.15, 0.2) is 24.3 Å². The lowest BCUT2D eigenvalue weighted by Gasteiger charge is -2.10. The summed E-state index contributed by atoms with van der Waals surface area (Å²) >= 11 is 0. The van der Waals surface area contributed by atoms with Crippen LogP contribution in [0.4, 0.5) is 0 Å². The van der Waals surface area contributed by atoms with E-state index >= 15 is 0 Å². The number of quaternary nitrogens is 1. The molecule has 0 saturated carbocycles. The first-order chi connectivity index (χ1) is 15.3. The average Bonchev–Trinajstić information content (AvgIpc) is 2.73. The molecule has 0 aromatic heterocycles. The Bertz CT molecular complexity index is 574. The van der Waals surface area contributed by atoms with Gasteiger partial charge in [-0.1, -0.05) is 121 Å². The van der Waals surface area contributed by atoms with Crippen molar-refractivity contribution >= 4 is 5.97 Å². The summed E-state index contributed by atoms with van der Waals surface area (Å²) in [6.07, 6.45) is 20.6. The smallest absolute Gasteiger partial charge is 0.335 e. The van der Waals surface area contributed by atoms with Crippen molar-refractivity contribution in [1.29, 1.82) is 0 Å². The van der Waals surface area contributed by atoms with Gasteiger partial charge in [-0.3, -0.25) is 0 Å². The maximum atomic E-state index is 10.7. The molecule has 1 aromatic rings. The molecule has 0 unspecified atom stereocenters. The molecule has 32 heavy (non-hydrogen) atoms. The first-order valence-corrected chi connectivity index (χ1v) is 12.3. The minimum atomic E-state index is -1.88. The van der Waals surface area contributed by atoms with Crippen molar-refractivity contribution in [3.8, 4) is 5.75 Å². The van der Waals surface area contributed by atoms with Gasteiger partial charge >= 0.3 is 5.97 Å². The number of rotatable bonds is 18. The zero-order valence-corrected chi connectivity index (χ0v) is 19.9. The quantitative estimate of drug-likeness (QED) is 0.111. The van der Waals surface area contributed by atoms with Crippen molar-refractivity contribution in [1.82, 2.24) is 0 Å². The van der Waals surface area contributed by atoms with Crippen LogP contribution in [0.2, 0.25) is 0 Å². The van der Waals surface area contributed by atoms with Gasteiger partial charge in [0, 0.05) is 6.42 Å². The van der Waals surface area contributed by atoms with E-state index in [0.717, 1.165) is 12.8 Å². The van der Waals surface area contributed by atoms with Gasteiger partial charge < -0.3 is 10.2 Å². The molecule has 4 N–H and O–H groups in total. The van der Waals surface area contributed by atoms with Crippen molar-refractivity contribution in [2.24, 2.45) is 0 Å². The topological polar surface area (TPSA) is 121 Å². The van der Waals surface area contributed by atoms with Gasteiger partial charge in [0.25, 0.3) is 0 Å². The summed E-state index contributed by atoms with van der Waals surface area (Å²) in [5, 5.41) is 45.1. The molecule has 0 atom stereocenters. The minimum absolute atomic E-state index is 0.00154. The van der Waals surface area contributed by atoms with Crippen LogP contribution in [-0.4, -0.2) is 38.2 Å². The Morgan fingerprint density at radius 2 is 1.09 bits per heavy atom. The number of para-hydroxylation sites is 1. The third-order valence-electron chi connectivity index (χ3n) is 5.43. The molecular weight excluding hydrogens is 410 g/mol. The Balaban J connectivity index is 0.000000792. The zero-order valence-electron chi connectivity index (χ0n) is 19.9. The Morgan fingerprint density at radius 3 is 1.41 bits per heavy atom. The number of hydrogen-bond acceptors (Lipinski definition) is 5. The summed E-state index contributed by atoms with van der Waals surface area (Å²) in [4.78, 5) is 8.35. The van der Waals surface area contributed by atoms with Crippen molar-refractivity contribution in [3.05, 3.63) is 29.8 Å². The van der Waals surface area contributed by atoms with E-state index in [-0.39, 0.29) is 12.1 Å². The summed E-state index contributed by atoms with van der Waals surface area (Å²) in [6, 6.07) is 5.54. The number of unbranched alkanes of at least 4 members (excludes halogenated alkanes) is 15. The number of carboxylic acids is 1. The Hall–Kier alpha value is -1.67. The molecule has 1 aromatic carbocycles. The second kappa shape index (κ2) is 20.0. The molecule has 0 spiro atoms. The first-order valence-electron chi connectivity index (χ1n) is 12.3. The van der Waals surface area contributed by atoms with Crippen molar-refractivity contribution in [2.75, 3.05) is 6.54 Å². The van der Waals surface area contributed by atoms with Gasteiger partial charge in [-0.05, 0) is 12.5 Å². The number of hydrogen-bond donors (Lipinski definition) is 4. The van der Waals surface area contributed by atoms with Crippen LogP contribution in [0, 0.1) is 0 Å². The number of aromatic carboxylic acids is 1. The van der Waals surface area contributed by atoms with Crippen LogP contribution in [0.1, 0.15) is 120 Å². The van der Waals surface area contributed by atoms with Crippen molar-refractivity contribution < 1.29 is 35.6 Å². The summed E-state index contributed by atoms with van der Waals surface area (Å²) in [5.41, 5.74) is -0.178. The van der Waals surface area contributed by atoms with Gasteiger partial charge in [-0.2, -0.15) is 0 Å².